The third kappa shape index (κ3) is 2.94. The average Bonchev–Trinajstić information content (AvgIpc) is 2.53. The minimum atomic E-state index is -0.538. The number of benzene rings is 1. The fraction of sp³-hybridized carbons (Fsp3) is 0.375. The van der Waals surface area contributed by atoms with Gasteiger partial charge in [-0.1, -0.05) is 15.9 Å². The molecule has 5 nitrogen and oxygen atoms in total. The Hall–Kier alpha value is -1.66. The standard InChI is InChI=1S/C16H18BrN3O2/c17-11-1-2-12-13(3-6-19-14(12)9-11)20-10-16(15(18)21)4-7-22-8-5-16/h1-3,6,9H,4-5,7-8,10H2,(H2,18,21)(H,19,20). The summed E-state index contributed by atoms with van der Waals surface area (Å²) in [6.07, 6.45) is 3.08. The van der Waals surface area contributed by atoms with Crippen LogP contribution in [-0.4, -0.2) is 30.6 Å². The normalized spacial score (nSPS) is 17.3. The Kier molecular flexibility index (Phi) is 4.31. The maximum absolute atomic E-state index is 11.9. The number of nitrogens with zero attached hydrogens (tertiary/aromatic N) is 1. The molecule has 0 radical (unpaired) electrons. The molecule has 1 saturated heterocycles. The monoisotopic (exact) mass is 363 g/mol. The van der Waals surface area contributed by atoms with Crippen molar-refractivity contribution in [1.82, 2.24) is 4.98 Å². The zero-order valence-corrected chi connectivity index (χ0v) is 13.7. The van der Waals surface area contributed by atoms with Crippen LogP contribution in [0.5, 0.6) is 0 Å². The summed E-state index contributed by atoms with van der Waals surface area (Å²) < 4.78 is 6.35. The van der Waals surface area contributed by atoms with Crippen LogP contribution in [0, 0.1) is 5.41 Å². The van der Waals surface area contributed by atoms with E-state index >= 15 is 0 Å². The molecule has 22 heavy (non-hydrogen) atoms. The van der Waals surface area contributed by atoms with Gasteiger partial charge < -0.3 is 15.8 Å². The van der Waals surface area contributed by atoms with Crippen LogP contribution in [0.2, 0.25) is 0 Å². The third-order valence-electron chi connectivity index (χ3n) is 4.29. The summed E-state index contributed by atoms with van der Waals surface area (Å²) in [7, 11) is 0. The van der Waals surface area contributed by atoms with Crippen LogP contribution in [0.4, 0.5) is 5.69 Å². The smallest absolute Gasteiger partial charge is 0.225 e. The fourth-order valence-corrected chi connectivity index (χ4v) is 3.16. The molecule has 116 valence electrons. The Morgan fingerprint density at radius 3 is 2.86 bits per heavy atom. The summed E-state index contributed by atoms with van der Waals surface area (Å²) in [5.41, 5.74) is 6.97. The maximum atomic E-state index is 11.9. The van der Waals surface area contributed by atoms with E-state index in [0.29, 0.717) is 32.6 Å². The van der Waals surface area contributed by atoms with Gasteiger partial charge in [0.1, 0.15) is 0 Å². The van der Waals surface area contributed by atoms with Gasteiger partial charge in [0, 0.05) is 41.5 Å². The molecule has 1 aromatic carbocycles. The number of nitrogens with two attached hydrogens (primary N) is 1. The number of ether oxygens (including phenoxy) is 1. The molecule has 1 amide bonds. The SMILES string of the molecule is NC(=O)C1(CNc2ccnc3cc(Br)ccc23)CCOCC1. The van der Waals surface area contributed by atoms with Crippen LogP contribution >= 0.6 is 15.9 Å². The van der Waals surface area contributed by atoms with E-state index in [2.05, 4.69) is 26.2 Å². The first-order valence-electron chi connectivity index (χ1n) is 7.27. The molecule has 3 N–H and O–H groups in total. The molecule has 1 aliphatic heterocycles. The number of pyridine rings is 1. The Labute approximate surface area is 137 Å². The molecule has 0 unspecified atom stereocenters. The fourth-order valence-electron chi connectivity index (χ4n) is 2.81. The number of primary amides is 1. The largest absolute Gasteiger partial charge is 0.383 e. The molecule has 0 saturated carbocycles. The van der Waals surface area contributed by atoms with E-state index in [0.717, 1.165) is 21.1 Å². The zero-order valence-electron chi connectivity index (χ0n) is 12.1. The van der Waals surface area contributed by atoms with Gasteiger partial charge in [0.15, 0.2) is 0 Å². The van der Waals surface area contributed by atoms with E-state index in [9.17, 15) is 4.79 Å². The van der Waals surface area contributed by atoms with Gasteiger partial charge in [-0.25, -0.2) is 0 Å². The number of carbonyl (C=O) groups excluding carboxylic acids is 1. The Bertz CT molecular complexity index is 699. The molecule has 1 aliphatic rings. The first-order chi connectivity index (χ1) is 10.6. The average molecular weight is 364 g/mol. The van der Waals surface area contributed by atoms with E-state index < -0.39 is 5.41 Å². The van der Waals surface area contributed by atoms with Crippen LogP contribution in [0.15, 0.2) is 34.9 Å². The molecule has 3 rings (SSSR count). The van der Waals surface area contributed by atoms with Crippen molar-refractivity contribution in [1.29, 1.82) is 0 Å². The molecule has 1 aromatic heterocycles. The Morgan fingerprint density at radius 1 is 1.36 bits per heavy atom. The van der Waals surface area contributed by atoms with E-state index in [1.165, 1.54) is 0 Å². The minimum Gasteiger partial charge on any atom is -0.383 e. The van der Waals surface area contributed by atoms with Crippen molar-refractivity contribution in [2.75, 3.05) is 25.1 Å². The molecule has 1 fully saturated rings. The van der Waals surface area contributed by atoms with Crippen molar-refractivity contribution in [2.45, 2.75) is 12.8 Å². The summed E-state index contributed by atoms with van der Waals surface area (Å²) in [4.78, 5) is 16.3. The topological polar surface area (TPSA) is 77.2 Å². The second kappa shape index (κ2) is 6.22. The van der Waals surface area contributed by atoms with E-state index in [1.54, 1.807) is 6.20 Å². The molecule has 2 heterocycles. The number of amides is 1. The van der Waals surface area contributed by atoms with E-state index in [4.69, 9.17) is 10.5 Å². The number of hydrogen-bond acceptors (Lipinski definition) is 4. The van der Waals surface area contributed by atoms with Crippen molar-refractivity contribution in [3.8, 4) is 0 Å². The Balaban J connectivity index is 1.85. The lowest BCUT2D eigenvalue weighted by atomic mass is 9.79. The number of anilines is 1. The molecule has 6 heteroatoms. The first-order valence-corrected chi connectivity index (χ1v) is 8.06. The summed E-state index contributed by atoms with van der Waals surface area (Å²) >= 11 is 3.45. The van der Waals surface area contributed by atoms with Crippen LogP contribution < -0.4 is 11.1 Å². The highest BCUT2D eigenvalue weighted by molar-refractivity contribution is 9.10. The number of aromatic nitrogens is 1. The second-order valence-electron chi connectivity index (χ2n) is 5.63. The number of rotatable bonds is 4. The molecular weight excluding hydrogens is 346 g/mol. The number of carbonyl (C=O) groups is 1. The van der Waals surface area contributed by atoms with Crippen LogP contribution in [0.25, 0.3) is 10.9 Å². The number of nitrogens with one attached hydrogen (secondary N) is 1. The lowest BCUT2D eigenvalue weighted by molar-refractivity contribution is -0.132. The van der Waals surface area contributed by atoms with Crippen molar-refractivity contribution in [3.63, 3.8) is 0 Å². The molecule has 0 spiro atoms. The highest BCUT2D eigenvalue weighted by Crippen LogP contribution is 2.32. The van der Waals surface area contributed by atoms with Gasteiger partial charge >= 0.3 is 0 Å². The second-order valence-corrected chi connectivity index (χ2v) is 6.55. The third-order valence-corrected chi connectivity index (χ3v) is 4.79. The highest BCUT2D eigenvalue weighted by atomic mass is 79.9. The zero-order chi connectivity index (χ0) is 15.6. The molecular formula is C16H18BrN3O2. The van der Waals surface area contributed by atoms with Gasteiger partial charge in [0.25, 0.3) is 0 Å². The number of halogens is 1. The van der Waals surface area contributed by atoms with Gasteiger partial charge in [0.2, 0.25) is 5.91 Å². The quantitative estimate of drug-likeness (QED) is 0.875. The predicted molar refractivity (Wildman–Crippen MR) is 89.6 cm³/mol. The van der Waals surface area contributed by atoms with Gasteiger partial charge in [-0.3, -0.25) is 9.78 Å². The molecule has 0 atom stereocenters. The van der Waals surface area contributed by atoms with Crippen molar-refractivity contribution >= 4 is 38.4 Å². The number of fused-ring (bicyclic) bond motifs is 1. The lowest BCUT2D eigenvalue weighted by Gasteiger charge is -2.34. The predicted octanol–water partition coefficient (Wildman–Crippen LogP) is 2.69. The van der Waals surface area contributed by atoms with Crippen molar-refractivity contribution in [2.24, 2.45) is 11.1 Å². The van der Waals surface area contributed by atoms with Crippen LogP contribution in [-0.2, 0) is 9.53 Å². The van der Waals surface area contributed by atoms with Gasteiger partial charge in [-0.05, 0) is 37.1 Å². The van der Waals surface area contributed by atoms with Crippen molar-refractivity contribution < 1.29 is 9.53 Å². The van der Waals surface area contributed by atoms with Crippen LogP contribution in [0.1, 0.15) is 12.8 Å². The first kappa shape index (κ1) is 15.2. The Morgan fingerprint density at radius 2 is 2.14 bits per heavy atom. The van der Waals surface area contributed by atoms with Crippen molar-refractivity contribution in [3.05, 3.63) is 34.9 Å². The lowest BCUT2D eigenvalue weighted by Crippen LogP contribution is -2.46. The van der Waals surface area contributed by atoms with E-state index in [1.807, 2.05) is 24.3 Å². The minimum absolute atomic E-state index is 0.260. The van der Waals surface area contributed by atoms with Gasteiger partial charge in [-0.15, -0.1) is 0 Å². The van der Waals surface area contributed by atoms with Gasteiger partial charge in [-0.2, -0.15) is 0 Å². The summed E-state index contributed by atoms with van der Waals surface area (Å²) in [5.74, 6) is -0.260. The molecule has 0 bridgehead atoms. The maximum Gasteiger partial charge on any atom is 0.225 e. The summed E-state index contributed by atoms with van der Waals surface area (Å²) in [6, 6.07) is 7.88. The van der Waals surface area contributed by atoms with Gasteiger partial charge in [0.05, 0.1) is 10.9 Å². The van der Waals surface area contributed by atoms with Crippen LogP contribution in [0.3, 0.4) is 0 Å². The molecule has 2 aromatic rings. The highest BCUT2D eigenvalue weighted by Gasteiger charge is 2.38. The number of hydrogen-bond donors (Lipinski definition) is 2. The summed E-state index contributed by atoms with van der Waals surface area (Å²) in [6.45, 7) is 1.67. The van der Waals surface area contributed by atoms with E-state index in [-0.39, 0.29) is 5.91 Å². The molecule has 0 aliphatic carbocycles. The summed E-state index contributed by atoms with van der Waals surface area (Å²) in [5, 5.41) is 4.41.